The fraction of sp³-hybridized carbons (Fsp3) is 0.667. The molecule has 164 valence electrons. The molecule has 1 aromatic carbocycles. The lowest BCUT2D eigenvalue weighted by Gasteiger charge is -2.41. The van der Waals surface area contributed by atoms with Gasteiger partial charge in [-0.25, -0.2) is 0 Å². The van der Waals surface area contributed by atoms with E-state index in [0.29, 0.717) is 16.8 Å². The third-order valence-electron chi connectivity index (χ3n) is 7.20. The summed E-state index contributed by atoms with van der Waals surface area (Å²) in [4.78, 5) is 30.6. The van der Waals surface area contributed by atoms with Crippen molar-refractivity contribution in [2.75, 3.05) is 31.5 Å². The van der Waals surface area contributed by atoms with Crippen molar-refractivity contribution in [1.82, 2.24) is 9.80 Å². The number of hydrogen-bond acceptors (Lipinski definition) is 3. The molecule has 0 spiro atoms. The van der Waals surface area contributed by atoms with Crippen LogP contribution in [-0.4, -0.2) is 53.8 Å². The second-order valence-electron chi connectivity index (χ2n) is 9.18. The van der Waals surface area contributed by atoms with Crippen LogP contribution < -0.4 is 5.32 Å². The second kappa shape index (κ2) is 10.1. The molecule has 1 heterocycles. The van der Waals surface area contributed by atoms with Crippen LogP contribution in [0, 0.1) is 11.8 Å². The van der Waals surface area contributed by atoms with E-state index >= 15 is 0 Å². The van der Waals surface area contributed by atoms with E-state index in [2.05, 4.69) is 15.1 Å². The summed E-state index contributed by atoms with van der Waals surface area (Å²) in [5.74, 6) is 1.05. The topological polar surface area (TPSA) is 52.7 Å². The van der Waals surface area contributed by atoms with E-state index < -0.39 is 0 Å². The predicted octanol–water partition coefficient (Wildman–Crippen LogP) is 4.56. The van der Waals surface area contributed by atoms with Crippen molar-refractivity contribution in [3.63, 3.8) is 0 Å². The summed E-state index contributed by atoms with van der Waals surface area (Å²) in [5.41, 5.74) is 0.790. The first-order valence-corrected chi connectivity index (χ1v) is 12.1. The van der Waals surface area contributed by atoms with Crippen LogP contribution in [0.4, 0.5) is 5.69 Å². The van der Waals surface area contributed by atoms with E-state index in [0.717, 1.165) is 57.5 Å². The Labute approximate surface area is 185 Å². The Kier molecular flexibility index (Phi) is 7.32. The van der Waals surface area contributed by atoms with Gasteiger partial charge in [-0.1, -0.05) is 43.7 Å². The normalized spacial score (nSPS) is 22.8. The summed E-state index contributed by atoms with van der Waals surface area (Å²) in [7, 11) is 0. The van der Waals surface area contributed by atoms with E-state index in [1.165, 1.54) is 32.1 Å². The van der Waals surface area contributed by atoms with Gasteiger partial charge in [0.15, 0.2) is 0 Å². The Morgan fingerprint density at radius 2 is 1.47 bits per heavy atom. The van der Waals surface area contributed by atoms with Crippen LogP contribution >= 0.6 is 11.6 Å². The number of benzene rings is 1. The van der Waals surface area contributed by atoms with Gasteiger partial charge in [0, 0.05) is 42.8 Å². The molecular weight excluding hydrogens is 398 g/mol. The molecule has 2 amide bonds. The maximum Gasteiger partial charge on any atom is 0.242 e. The number of nitrogens with zero attached hydrogens (tertiary/aromatic N) is 2. The van der Waals surface area contributed by atoms with Gasteiger partial charge in [-0.15, -0.1) is 0 Å². The Balaban J connectivity index is 1.38. The van der Waals surface area contributed by atoms with Crippen molar-refractivity contribution >= 4 is 29.1 Å². The summed E-state index contributed by atoms with van der Waals surface area (Å²) in [5, 5.41) is 3.78. The number of piperazine rings is 1. The van der Waals surface area contributed by atoms with Gasteiger partial charge in [-0.05, 0) is 55.9 Å². The van der Waals surface area contributed by atoms with E-state index in [4.69, 9.17) is 11.6 Å². The van der Waals surface area contributed by atoms with Crippen LogP contribution in [0.1, 0.15) is 57.8 Å². The quantitative estimate of drug-likeness (QED) is 0.743. The SMILES string of the molecule is O=C(Nc1ccc(Cl)cc1)C(C1CCCC1)N1CCN(C(=O)C2CCCCC2)CC1. The highest BCUT2D eigenvalue weighted by atomic mass is 35.5. The third-order valence-corrected chi connectivity index (χ3v) is 7.45. The summed E-state index contributed by atoms with van der Waals surface area (Å²) in [6, 6.07) is 7.20. The molecule has 1 N–H and O–H groups in total. The van der Waals surface area contributed by atoms with Gasteiger partial charge in [-0.3, -0.25) is 14.5 Å². The van der Waals surface area contributed by atoms with Crippen molar-refractivity contribution in [3.05, 3.63) is 29.3 Å². The highest BCUT2D eigenvalue weighted by molar-refractivity contribution is 6.30. The molecule has 1 unspecified atom stereocenters. The maximum absolute atomic E-state index is 13.3. The van der Waals surface area contributed by atoms with E-state index in [1.807, 2.05) is 12.1 Å². The van der Waals surface area contributed by atoms with Crippen LogP contribution in [0.5, 0.6) is 0 Å². The van der Waals surface area contributed by atoms with E-state index in [-0.39, 0.29) is 17.9 Å². The Morgan fingerprint density at radius 1 is 0.867 bits per heavy atom. The highest BCUT2D eigenvalue weighted by Gasteiger charge is 2.38. The minimum absolute atomic E-state index is 0.0799. The average Bonchev–Trinajstić information content (AvgIpc) is 3.30. The molecule has 3 aliphatic rings. The number of nitrogens with one attached hydrogen (secondary N) is 1. The lowest BCUT2D eigenvalue weighted by molar-refractivity contribution is -0.139. The minimum Gasteiger partial charge on any atom is -0.340 e. The molecule has 3 fully saturated rings. The largest absolute Gasteiger partial charge is 0.340 e. The lowest BCUT2D eigenvalue weighted by atomic mass is 9.88. The molecule has 0 bridgehead atoms. The molecule has 30 heavy (non-hydrogen) atoms. The van der Waals surface area contributed by atoms with Gasteiger partial charge >= 0.3 is 0 Å². The number of carbonyl (C=O) groups excluding carboxylic acids is 2. The molecule has 1 aliphatic heterocycles. The fourth-order valence-electron chi connectivity index (χ4n) is 5.53. The van der Waals surface area contributed by atoms with Gasteiger partial charge in [0.25, 0.3) is 0 Å². The van der Waals surface area contributed by atoms with Gasteiger partial charge in [-0.2, -0.15) is 0 Å². The van der Waals surface area contributed by atoms with Gasteiger partial charge in [0.05, 0.1) is 6.04 Å². The number of carbonyl (C=O) groups is 2. The highest BCUT2D eigenvalue weighted by Crippen LogP contribution is 2.32. The molecular formula is C24H34ClN3O2. The van der Waals surface area contributed by atoms with Crippen LogP contribution in [0.2, 0.25) is 5.02 Å². The average molecular weight is 432 g/mol. The molecule has 6 heteroatoms. The molecule has 0 radical (unpaired) electrons. The first-order valence-electron chi connectivity index (χ1n) is 11.7. The zero-order chi connectivity index (χ0) is 20.9. The third kappa shape index (κ3) is 5.17. The molecule has 1 saturated heterocycles. The number of anilines is 1. The van der Waals surface area contributed by atoms with Crippen molar-refractivity contribution in [1.29, 1.82) is 0 Å². The number of amides is 2. The molecule has 2 aliphatic carbocycles. The van der Waals surface area contributed by atoms with Crippen molar-refractivity contribution in [3.8, 4) is 0 Å². The lowest BCUT2D eigenvalue weighted by Crippen LogP contribution is -2.57. The zero-order valence-corrected chi connectivity index (χ0v) is 18.6. The fourth-order valence-corrected chi connectivity index (χ4v) is 5.65. The summed E-state index contributed by atoms with van der Waals surface area (Å²) >= 11 is 5.98. The number of halogens is 1. The second-order valence-corrected chi connectivity index (χ2v) is 9.62. The summed E-state index contributed by atoms with van der Waals surface area (Å²) in [6.07, 6.45) is 10.4. The van der Waals surface area contributed by atoms with Crippen molar-refractivity contribution in [2.24, 2.45) is 11.8 Å². The Morgan fingerprint density at radius 3 is 2.10 bits per heavy atom. The van der Waals surface area contributed by atoms with Crippen LogP contribution in [-0.2, 0) is 9.59 Å². The monoisotopic (exact) mass is 431 g/mol. The zero-order valence-electron chi connectivity index (χ0n) is 17.8. The molecule has 0 aromatic heterocycles. The van der Waals surface area contributed by atoms with Gasteiger partial charge < -0.3 is 10.2 Å². The maximum atomic E-state index is 13.3. The van der Waals surface area contributed by atoms with Crippen molar-refractivity contribution < 1.29 is 9.59 Å². The van der Waals surface area contributed by atoms with E-state index in [9.17, 15) is 9.59 Å². The molecule has 5 nitrogen and oxygen atoms in total. The van der Waals surface area contributed by atoms with Crippen LogP contribution in [0.25, 0.3) is 0 Å². The standard InChI is InChI=1S/C24H34ClN3O2/c25-20-10-12-21(13-11-20)26-23(29)22(18-6-4-5-7-18)27-14-16-28(17-15-27)24(30)19-8-2-1-3-9-19/h10-13,18-19,22H,1-9,14-17H2,(H,26,29). The number of hydrogen-bond donors (Lipinski definition) is 1. The molecule has 1 aromatic rings. The van der Waals surface area contributed by atoms with Crippen molar-refractivity contribution in [2.45, 2.75) is 63.8 Å². The summed E-state index contributed by atoms with van der Waals surface area (Å²) < 4.78 is 0. The molecule has 1 atom stereocenters. The van der Waals surface area contributed by atoms with Crippen LogP contribution in [0.15, 0.2) is 24.3 Å². The van der Waals surface area contributed by atoms with E-state index in [1.54, 1.807) is 12.1 Å². The van der Waals surface area contributed by atoms with Gasteiger partial charge in [0.1, 0.15) is 0 Å². The van der Waals surface area contributed by atoms with Crippen LogP contribution in [0.3, 0.4) is 0 Å². The Bertz CT molecular complexity index is 718. The van der Waals surface area contributed by atoms with Gasteiger partial charge in [0.2, 0.25) is 11.8 Å². The number of rotatable bonds is 5. The first-order chi connectivity index (χ1) is 14.6. The predicted molar refractivity (Wildman–Crippen MR) is 121 cm³/mol. The summed E-state index contributed by atoms with van der Waals surface area (Å²) in [6.45, 7) is 3.06. The molecule has 4 rings (SSSR count). The Hall–Kier alpha value is -1.59. The first kappa shape index (κ1) is 21.6. The smallest absolute Gasteiger partial charge is 0.242 e. The molecule has 2 saturated carbocycles. The minimum atomic E-state index is -0.116.